The number of para-hydroxylation sites is 1. The van der Waals surface area contributed by atoms with E-state index in [0.717, 1.165) is 35.6 Å². The second-order valence-corrected chi connectivity index (χ2v) is 6.69. The summed E-state index contributed by atoms with van der Waals surface area (Å²) in [6, 6.07) is 17.7. The lowest BCUT2D eigenvalue weighted by Crippen LogP contribution is -2.13. The van der Waals surface area contributed by atoms with E-state index in [0.29, 0.717) is 5.69 Å². The summed E-state index contributed by atoms with van der Waals surface area (Å²) in [5, 5.41) is 7.54. The number of rotatable bonds is 9. The van der Waals surface area contributed by atoms with Gasteiger partial charge in [0.1, 0.15) is 18.0 Å². The van der Waals surface area contributed by atoms with Crippen molar-refractivity contribution in [3.63, 3.8) is 0 Å². The Morgan fingerprint density at radius 2 is 1.71 bits per heavy atom. The van der Waals surface area contributed by atoms with Crippen LogP contribution >= 0.6 is 0 Å². The van der Waals surface area contributed by atoms with E-state index in [9.17, 15) is 8.78 Å². The van der Waals surface area contributed by atoms with Crippen molar-refractivity contribution in [3.8, 4) is 11.5 Å². The number of alkyl halides is 2. The van der Waals surface area contributed by atoms with Crippen molar-refractivity contribution in [3.05, 3.63) is 72.1 Å². The SMILES string of the molecule is CCCC(Nc1cnn(CC(F)F)c1C)c1ccc(Oc2ccccc2)cc1. The zero-order valence-electron chi connectivity index (χ0n) is 16.1. The number of nitrogens with one attached hydrogen (secondary N) is 1. The van der Waals surface area contributed by atoms with E-state index in [1.807, 2.05) is 54.6 Å². The molecular formula is C22H25F2N3O. The van der Waals surface area contributed by atoms with Crippen LogP contribution < -0.4 is 10.1 Å². The molecule has 1 heterocycles. The molecule has 0 fully saturated rings. The van der Waals surface area contributed by atoms with Gasteiger partial charge in [-0.05, 0) is 43.2 Å². The predicted molar refractivity (Wildman–Crippen MR) is 107 cm³/mol. The summed E-state index contributed by atoms with van der Waals surface area (Å²) >= 11 is 0. The summed E-state index contributed by atoms with van der Waals surface area (Å²) in [6.07, 6.45) is 1.10. The van der Waals surface area contributed by atoms with Crippen LogP contribution in [0.15, 0.2) is 60.8 Å². The maximum Gasteiger partial charge on any atom is 0.257 e. The largest absolute Gasteiger partial charge is 0.457 e. The molecule has 28 heavy (non-hydrogen) atoms. The highest BCUT2D eigenvalue weighted by atomic mass is 19.3. The molecule has 148 valence electrons. The van der Waals surface area contributed by atoms with E-state index in [1.165, 1.54) is 4.68 Å². The van der Waals surface area contributed by atoms with Gasteiger partial charge in [-0.2, -0.15) is 5.10 Å². The van der Waals surface area contributed by atoms with Crippen LogP contribution in [0.4, 0.5) is 14.5 Å². The van der Waals surface area contributed by atoms with Crippen molar-refractivity contribution in [2.24, 2.45) is 0 Å². The normalized spacial score (nSPS) is 12.2. The van der Waals surface area contributed by atoms with Crippen molar-refractivity contribution >= 4 is 5.69 Å². The van der Waals surface area contributed by atoms with Crippen molar-refractivity contribution in [2.75, 3.05) is 5.32 Å². The number of anilines is 1. The molecule has 1 N–H and O–H groups in total. The number of hydrogen-bond donors (Lipinski definition) is 1. The van der Waals surface area contributed by atoms with Gasteiger partial charge in [0.15, 0.2) is 0 Å². The summed E-state index contributed by atoms with van der Waals surface area (Å²) in [4.78, 5) is 0. The van der Waals surface area contributed by atoms with Gasteiger partial charge in [-0.25, -0.2) is 8.78 Å². The fourth-order valence-corrected chi connectivity index (χ4v) is 3.09. The molecule has 0 aliphatic heterocycles. The van der Waals surface area contributed by atoms with Crippen LogP contribution in [-0.4, -0.2) is 16.2 Å². The van der Waals surface area contributed by atoms with E-state index < -0.39 is 13.0 Å². The molecule has 4 nitrogen and oxygen atoms in total. The van der Waals surface area contributed by atoms with E-state index >= 15 is 0 Å². The van der Waals surface area contributed by atoms with Crippen molar-refractivity contribution < 1.29 is 13.5 Å². The highest BCUT2D eigenvalue weighted by molar-refractivity contribution is 5.48. The summed E-state index contributed by atoms with van der Waals surface area (Å²) in [6.45, 7) is 3.53. The Kier molecular flexibility index (Phi) is 6.63. The monoisotopic (exact) mass is 385 g/mol. The Balaban J connectivity index is 1.72. The first-order valence-electron chi connectivity index (χ1n) is 9.46. The number of aromatic nitrogens is 2. The van der Waals surface area contributed by atoms with E-state index in [1.54, 1.807) is 13.1 Å². The molecule has 1 atom stereocenters. The molecule has 6 heteroatoms. The smallest absolute Gasteiger partial charge is 0.257 e. The molecule has 1 aromatic heterocycles. The predicted octanol–water partition coefficient (Wildman–Crippen LogP) is 6.20. The minimum atomic E-state index is -2.42. The zero-order chi connectivity index (χ0) is 19.9. The van der Waals surface area contributed by atoms with Gasteiger partial charge in [0.05, 0.1) is 23.6 Å². The average molecular weight is 385 g/mol. The third-order valence-corrected chi connectivity index (χ3v) is 4.58. The van der Waals surface area contributed by atoms with Crippen molar-refractivity contribution in [1.82, 2.24) is 9.78 Å². The molecule has 0 aliphatic rings. The van der Waals surface area contributed by atoms with Crippen LogP contribution in [0, 0.1) is 6.92 Å². The Morgan fingerprint density at radius 1 is 1.04 bits per heavy atom. The number of ether oxygens (including phenoxy) is 1. The first kappa shape index (κ1) is 19.9. The topological polar surface area (TPSA) is 39.1 Å². The Labute approximate surface area is 164 Å². The lowest BCUT2D eigenvalue weighted by Gasteiger charge is -2.20. The van der Waals surface area contributed by atoms with Crippen LogP contribution in [0.5, 0.6) is 11.5 Å². The standard InChI is InChI=1S/C22H25F2N3O/c1-3-7-20(26-21-14-25-27(16(21)2)15-22(23)24)17-10-12-19(13-11-17)28-18-8-5-4-6-9-18/h4-6,8-14,20,22,26H,3,7,15H2,1-2H3. The van der Waals surface area contributed by atoms with Crippen LogP contribution in [0.3, 0.4) is 0 Å². The average Bonchev–Trinajstić information content (AvgIpc) is 3.02. The maximum atomic E-state index is 12.7. The summed E-state index contributed by atoms with van der Waals surface area (Å²) in [7, 11) is 0. The summed E-state index contributed by atoms with van der Waals surface area (Å²) in [5.74, 6) is 1.56. The molecule has 0 spiro atoms. The van der Waals surface area contributed by atoms with Gasteiger partial charge in [0.25, 0.3) is 6.43 Å². The second-order valence-electron chi connectivity index (χ2n) is 6.69. The number of benzene rings is 2. The van der Waals surface area contributed by atoms with Gasteiger partial charge < -0.3 is 10.1 Å². The van der Waals surface area contributed by atoms with Crippen molar-refractivity contribution in [1.29, 1.82) is 0 Å². The Hall–Kier alpha value is -2.89. The Morgan fingerprint density at radius 3 is 2.36 bits per heavy atom. The van der Waals surface area contributed by atoms with Crippen LogP contribution in [0.1, 0.15) is 37.1 Å². The highest BCUT2D eigenvalue weighted by Gasteiger charge is 2.16. The molecule has 1 unspecified atom stereocenters. The molecule has 3 rings (SSSR count). The zero-order valence-corrected chi connectivity index (χ0v) is 16.1. The first-order valence-corrected chi connectivity index (χ1v) is 9.46. The van der Waals surface area contributed by atoms with Gasteiger partial charge in [0.2, 0.25) is 0 Å². The van der Waals surface area contributed by atoms with Gasteiger partial charge in [-0.3, -0.25) is 4.68 Å². The molecule has 0 saturated carbocycles. The Bertz CT molecular complexity index is 863. The van der Waals surface area contributed by atoms with Crippen LogP contribution in [0.2, 0.25) is 0 Å². The van der Waals surface area contributed by atoms with E-state index in [-0.39, 0.29) is 6.04 Å². The number of hydrogen-bond acceptors (Lipinski definition) is 3. The van der Waals surface area contributed by atoms with Crippen LogP contribution in [0.25, 0.3) is 0 Å². The third kappa shape index (κ3) is 5.09. The van der Waals surface area contributed by atoms with Gasteiger partial charge in [0, 0.05) is 0 Å². The molecule has 0 radical (unpaired) electrons. The van der Waals surface area contributed by atoms with Crippen molar-refractivity contribution in [2.45, 2.75) is 45.7 Å². The van der Waals surface area contributed by atoms with Gasteiger partial charge >= 0.3 is 0 Å². The fraction of sp³-hybridized carbons (Fsp3) is 0.318. The minimum Gasteiger partial charge on any atom is -0.457 e. The molecular weight excluding hydrogens is 360 g/mol. The molecule has 3 aromatic rings. The molecule has 0 aliphatic carbocycles. The summed E-state index contributed by atoms with van der Waals surface area (Å²) in [5.41, 5.74) is 2.61. The summed E-state index contributed by atoms with van der Waals surface area (Å²) < 4.78 is 32.5. The molecule has 0 saturated heterocycles. The second kappa shape index (κ2) is 9.35. The third-order valence-electron chi connectivity index (χ3n) is 4.58. The first-order chi connectivity index (χ1) is 13.6. The number of halogens is 2. The van der Waals surface area contributed by atoms with E-state index in [4.69, 9.17) is 4.74 Å². The lowest BCUT2D eigenvalue weighted by atomic mass is 10.0. The molecule has 0 bridgehead atoms. The quantitative estimate of drug-likeness (QED) is 0.476. The molecule has 0 amide bonds. The van der Waals surface area contributed by atoms with Crippen LogP contribution in [-0.2, 0) is 6.54 Å². The lowest BCUT2D eigenvalue weighted by molar-refractivity contribution is 0.121. The minimum absolute atomic E-state index is 0.0682. The van der Waals surface area contributed by atoms with Gasteiger partial charge in [-0.15, -0.1) is 0 Å². The fourth-order valence-electron chi connectivity index (χ4n) is 3.09. The van der Waals surface area contributed by atoms with Gasteiger partial charge in [-0.1, -0.05) is 43.7 Å². The maximum absolute atomic E-state index is 12.7. The molecule has 2 aromatic carbocycles. The number of nitrogens with zero attached hydrogens (tertiary/aromatic N) is 2. The highest BCUT2D eigenvalue weighted by Crippen LogP contribution is 2.28. The van der Waals surface area contributed by atoms with E-state index in [2.05, 4.69) is 17.3 Å².